The molecule has 6 N–H and O–H groups in total. The van der Waals surface area contributed by atoms with Crippen LogP contribution in [0.5, 0.6) is 0 Å². The van der Waals surface area contributed by atoms with Crippen LogP contribution in [0.1, 0.15) is 17.5 Å². The van der Waals surface area contributed by atoms with Crippen molar-refractivity contribution in [3.63, 3.8) is 0 Å². The van der Waals surface area contributed by atoms with Gasteiger partial charge in [-0.3, -0.25) is 0 Å². The van der Waals surface area contributed by atoms with Crippen LogP contribution in [0, 0.1) is 0 Å². The fraction of sp³-hybridized carbons (Fsp3) is 0.250. The Morgan fingerprint density at radius 2 is 1.59 bits per heavy atom. The van der Waals surface area contributed by atoms with Gasteiger partial charge in [0.1, 0.15) is 0 Å². The van der Waals surface area contributed by atoms with Crippen LogP contribution in [0.25, 0.3) is 5.70 Å². The fourth-order valence-electron chi connectivity index (χ4n) is 2.42. The first-order valence-electron chi connectivity index (χ1n) is 8.46. The van der Waals surface area contributed by atoms with Crippen LogP contribution in [-0.2, 0) is 6.42 Å². The monoisotopic (exact) mass is 497 g/mol. The van der Waals surface area contributed by atoms with Crippen molar-refractivity contribution in [2.45, 2.75) is 28.2 Å². The van der Waals surface area contributed by atoms with E-state index < -0.39 is 5.54 Å². The molecule has 2 rings (SSSR count). The molecule has 0 fully saturated rings. The van der Waals surface area contributed by atoms with Crippen LogP contribution < -0.4 is 11.5 Å². The molecular formula is C20H24IN3O2S. The number of aryl methyl sites for hydroxylation is 1. The average molecular weight is 497 g/mol. The van der Waals surface area contributed by atoms with Gasteiger partial charge < -0.3 is 21.7 Å². The lowest BCUT2D eigenvalue weighted by Gasteiger charge is -2.24. The van der Waals surface area contributed by atoms with Gasteiger partial charge in [-0.15, -0.1) is 0 Å². The van der Waals surface area contributed by atoms with E-state index in [0.29, 0.717) is 12.8 Å². The summed E-state index contributed by atoms with van der Waals surface area (Å²) in [6, 6.07) is 16.3. The molecule has 0 aliphatic rings. The molecule has 0 saturated carbocycles. The molecule has 0 aliphatic heterocycles. The number of hydrogen-bond donors (Lipinski definition) is 4. The predicted molar refractivity (Wildman–Crippen MR) is 121 cm³/mol. The van der Waals surface area contributed by atoms with Crippen LogP contribution in [0.3, 0.4) is 0 Å². The van der Waals surface area contributed by atoms with Crippen LogP contribution >= 0.6 is 34.4 Å². The van der Waals surface area contributed by atoms with E-state index >= 15 is 0 Å². The van der Waals surface area contributed by atoms with Gasteiger partial charge in [0.2, 0.25) is 0 Å². The lowest BCUT2D eigenvalue weighted by Crippen LogP contribution is -2.47. The second-order valence-electron chi connectivity index (χ2n) is 6.23. The number of halogens is 1. The highest BCUT2D eigenvalue weighted by atomic mass is 127. The van der Waals surface area contributed by atoms with Crippen LogP contribution in [0.2, 0.25) is 0 Å². The smallest absolute Gasteiger partial charge is 0.0861 e. The molecule has 144 valence electrons. The summed E-state index contributed by atoms with van der Waals surface area (Å²) in [6.07, 6.45) is 2.74. The Bertz CT molecular complexity index is 773. The zero-order chi connectivity index (χ0) is 19.7. The molecule has 27 heavy (non-hydrogen) atoms. The Morgan fingerprint density at radius 1 is 1.04 bits per heavy atom. The number of nitrogens with two attached hydrogens (primary N) is 2. The van der Waals surface area contributed by atoms with E-state index in [-0.39, 0.29) is 13.2 Å². The minimum Gasteiger partial charge on any atom is -0.403 e. The third kappa shape index (κ3) is 6.62. The lowest BCUT2D eigenvalue weighted by molar-refractivity contribution is 0.115. The predicted octanol–water partition coefficient (Wildman–Crippen LogP) is 3.17. The van der Waals surface area contributed by atoms with Crippen molar-refractivity contribution >= 4 is 44.3 Å². The number of rotatable bonds is 9. The molecule has 5 nitrogen and oxygen atoms in total. The number of aliphatic hydroxyl groups excluding tert-OH is 2. The van der Waals surface area contributed by atoms with Crippen molar-refractivity contribution in [3.8, 4) is 0 Å². The molecule has 0 saturated heterocycles. The Kier molecular flexibility index (Phi) is 8.78. The third-order valence-electron chi connectivity index (χ3n) is 4.20. The van der Waals surface area contributed by atoms with E-state index in [9.17, 15) is 10.2 Å². The molecule has 0 spiro atoms. The lowest BCUT2D eigenvalue weighted by atomic mass is 9.94. The highest BCUT2D eigenvalue weighted by Gasteiger charge is 2.22. The molecule has 0 bridgehead atoms. The van der Waals surface area contributed by atoms with Gasteiger partial charge in [0.25, 0.3) is 0 Å². The van der Waals surface area contributed by atoms with E-state index in [0.717, 1.165) is 26.6 Å². The van der Waals surface area contributed by atoms with Gasteiger partial charge in [0.05, 0.1) is 28.7 Å². The van der Waals surface area contributed by atoms with Gasteiger partial charge in [-0.1, -0.05) is 36.0 Å². The molecule has 7 heteroatoms. The first kappa shape index (κ1) is 21.9. The van der Waals surface area contributed by atoms with Gasteiger partial charge in [-0.25, -0.2) is 4.99 Å². The first-order valence-corrected chi connectivity index (χ1v) is 10.5. The summed E-state index contributed by atoms with van der Waals surface area (Å²) in [5.74, 6) is 0. The second kappa shape index (κ2) is 10.8. The largest absolute Gasteiger partial charge is 0.403 e. The topological polar surface area (TPSA) is 105 Å². The van der Waals surface area contributed by atoms with Gasteiger partial charge in [-0.2, -0.15) is 0 Å². The Balaban J connectivity index is 1.98. The summed E-state index contributed by atoms with van der Waals surface area (Å²) < 4.78 is 1.69. The summed E-state index contributed by atoms with van der Waals surface area (Å²) in [6.45, 7) is -0.449. The Hall–Kier alpha value is -1.39. The van der Waals surface area contributed by atoms with E-state index in [1.54, 1.807) is 16.0 Å². The number of benzene rings is 2. The Labute approximate surface area is 177 Å². The molecular weight excluding hydrogens is 473 g/mol. The van der Waals surface area contributed by atoms with Crippen LogP contribution in [0.15, 0.2) is 69.5 Å². The number of nitrogens with zero attached hydrogens (tertiary/aromatic N) is 1. The van der Waals surface area contributed by atoms with Crippen LogP contribution in [0.4, 0.5) is 0 Å². The van der Waals surface area contributed by atoms with E-state index in [4.69, 9.17) is 11.5 Å². The number of hydrogen-bond acceptors (Lipinski definition) is 6. The molecule has 2 aromatic carbocycles. The minimum atomic E-state index is -0.923. The summed E-state index contributed by atoms with van der Waals surface area (Å²) >= 11 is 3.74. The van der Waals surface area contributed by atoms with Gasteiger partial charge >= 0.3 is 0 Å². The Morgan fingerprint density at radius 3 is 2.07 bits per heavy atom. The van der Waals surface area contributed by atoms with Crippen LogP contribution in [-0.4, -0.2) is 33.2 Å². The zero-order valence-corrected chi connectivity index (χ0v) is 17.9. The van der Waals surface area contributed by atoms with Gasteiger partial charge in [0.15, 0.2) is 0 Å². The van der Waals surface area contributed by atoms with Gasteiger partial charge in [0, 0.05) is 21.6 Å². The van der Waals surface area contributed by atoms with Crippen molar-refractivity contribution in [1.82, 2.24) is 0 Å². The maximum Gasteiger partial charge on any atom is 0.0861 e. The molecule has 0 atom stereocenters. The molecule has 0 unspecified atom stereocenters. The van der Waals surface area contributed by atoms with Crippen molar-refractivity contribution in [2.75, 3.05) is 13.2 Å². The first-order chi connectivity index (χ1) is 13.0. The summed E-state index contributed by atoms with van der Waals surface area (Å²) in [5.41, 5.74) is 13.5. The standard InChI is InChI=1S/C20H24IN3O2S/c21-14-24-19(11-22)16-3-7-18(8-4-16)27-17-5-1-15(2-6-17)9-10-20(23,12-25)13-26/h1-8,11,14,25-26H,9-10,12-13,22-23H2/b19-11-,24-14-. The number of aliphatic imine (C=N–C) groups is 1. The van der Waals surface area contributed by atoms with Crippen molar-refractivity contribution in [1.29, 1.82) is 0 Å². The second-order valence-corrected chi connectivity index (χ2v) is 7.93. The SMILES string of the molecule is N/C=C(\N=C/I)c1ccc(Sc2ccc(CCC(N)(CO)CO)cc2)cc1. The fourth-order valence-corrected chi connectivity index (χ4v) is 3.54. The molecule has 0 amide bonds. The summed E-state index contributed by atoms with van der Waals surface area (Å²) in [4.78, 5) is 6.50. The van der Waals surface area contributed by atoms with E-state index in [2.05, 4.69) is 51.8 Å². The maximum atomic E-state index is 9.26. The van der Waals surface area contributed by atoms with Crippen molar-refractivity contribution in [3.05, 3.63) is 65.9 Å². The zero-order valence-electron chi connectivity index (χ0n) is 14.9. The average Bonchev–Trinajstić information content (AvgIpc) is 2.72. The summed E-state index contributed by atoms with van der Waals surface area (Å²) in [7, 11) is 0. The normalized spacial score (nSPS) is 12.7. The van der Waals surface area contributed by atoms with E-state index in [1.807, 2.05) is 24.3 Å². The van der Waals surface area contributed by atoms with E-state index in [1.165, 1.54) is 6.20 Å². The molecule has 0 radical (unpaired) electrons. The molecule has 0 aromatic heterocycles. The highest BCUT2D eigenvalue weighted by molar-refractivity contribution is 14.1. The highest BCUT2D eigenvalue weighted by Crippen LogP contribution is 2.29. The minimum absolute atomic E-state index is 0.225. The summed E-state index contributed by atoms with van der Waals surface area (Å²) in [5, 5.41) is 18.5. The molecule has 0 aliphatic carbocycles. The quantitative estimate of drug-likeness (QED) is 0.315. The van der Waals surface area contributed by atoms with Crippen molar-refractivity contribution < 1.29 is 10.2 Å². The number of aliphatic hydroxyl groups is 2. The maximum absolute atomic E-state index is 9.26. The molecule has 2 aromatic rings. The van der Waals surface area contributed by atoms with Gasteiger partial charge in [-0.05, 0) is 65.3 Å². The van der Waals surface area contributed by atoms with Crippen molar-refractivity contribution in [2.24, 2.45) is 16.5 Å². The molecule has 0 heterocycles. The third-order valence-corrected chi connectivity index (χ3v) is 5.49.